The monoisotopic (exact) mass is 545 g/mol. The summed E-state index contributed by atoms with van der Waals surface area (Å²) in [4.78, 5) is 19.5. The summed E-state index contributed by atoms with van der Waals surface area (Å²) in [5.74, 6) is 3.39. The summed E-state index contributed by atoms with van der Waals surface area (Å²) in [6, 6.07) is 21.0. The summed E-state index contributed by atoms with van der Waals surface area (Å²) in [6.07, 6.45) is 1.02. The Morgan fingerprint density at radius 2 is 1.68 bits per heavy atom. The topological polar surface area (TPSA) is 105 Å². The first kappa shape index (κ1) is 27.0. The zero-order chi connectivity index (χ0) is 27.7. The molecule has 0 unspecified atom stereocenters. The molecule has 1 aromatic heterocycles. The van der Waals surface area contributed by atoms with Gasteiger partial charge in [-0.25, -0.2) is 0 Å². The molecule has 1 aliphatic heterocycles. The Hall–Kier alpha value is -4.57. The normalized spacial score (nSPS) is 11.8. The van der Waals surface area contributed by atoms with Gasteiger partial charge in [-0.3, -0.25) is 4.79 Å². The maximum atomic E-state index is 13.2. The second kappa shape index (κ2) is 13.0. The summed E-state index contributed by atoms with van der Waals surface area (Å²) in [6.45, 7) is 1.39. The average Bonchev–Trinajstić information content (AvgIpc) is 3.67. The van der Waals surface area contributed by atoms with Crippen molar-refractivity contribution in [1.82, 2.24) is 15.0 Å². The number of aromatic nitrogens is 2. The first-order valence-corrected chi connectivity index (χ1v) is 13.0. The highest BCUT2D eigenvalue weighted by Crippen LogP contribution is 2.35. The predicted octanol–water partition coefficient (Wildman–Crippen LogP) is 4.31. The fourth-order valence-electron chi connectivity index (χ4n) is 4.32. The molecule has 0 N–H and O–H groups in total. The zero-order valence-electron chi connectivity index (χ0n) is 22.5. The van der Waals surface area contributed by atoms with E-state index in [0.717, 1.165) is 16.7 Å². The van der Waals surface area contributed by atoms with Crippen LogP contribution in [0.5, 0.6) is 23.0 Å². The van der Waals surface area contributed by atoms with Gasteiger partial charge in [0.15, 0.2) is 23.0 Å². The van der Waals surface area contributed by atoms with Gasteiger partial charge in [0, 0.05) is 25.1 Å². The molecule has 0 bridgehead atoms. The highest BCUT2D eigenvalue weighted by molar-refractivity contribution is 5.77. The molecule has 0 saturated carbocycles. The number of hydrogen-bond acceptors (Lipinski definition) is 9. The largest absolute Gasteiger partial charge is 0.493 e. The molecule has 0 fully saturated rings. The van der Waals surface area contributed by atoms with Crippen molar-refractivity contribution in [2.45, 2.75) is 19.4 Å². The van der Waals surface area contributed by atoms with Gasteiger partial charge in [-0.05, 0) is 47.9 Å². The molecule has 40 heavy (non-hydrogen) atoms. The Morgan fingerprint density at radius 3 is 2.50 bits per heavy atom. The van der Waals surface area contributed by atoms with Gasteiger partial charge in [-0.2, -0.15) is 4.98 Å². The van der Waals surface area contributed by atoms with E-state index in [1.807, 2.05) is 66.7 Å². The van der Waals surface area contributed by atoms with E-state index in [1.54, 1.807) is 19.1 Å². The quantitative estimate of drug-likeness (QED) is 0.243. The zero-order valence-corrected chi connectivity index (χ0v) is 22.5. The first-order valence-electron chi connectivity index (χ1n) is 13.0. The number of nitrogens with zero attached hydrogens (tertiary/aromatic N) is 3. The smallest absolute Gasteiger partial charge is 0.248 e. The van der Waals surface area contributed by atoms with Crippen molar-refractivity contribution in [2.75, 3.05) is 40.7 Å². The van der Waals surface area contributed by atoms with Crippen LogP contribution in [0.1, 0.15) is 17.0 Å². The van der Waals surface area contributed by atoms with Crippen molar-refractivity contribution in [3.05, 3.63) is 83.7 Å². The van der Waals surface area contributed by atoms with Gasteiger partial charge in [0.2, 0.25) is 24.4 Å². The van der Waals surface area contributed by atoms with Crippen LogP contribution in [0.4, 0.5) is 0 Å². The lowest BCUT2D eigenvalue weighted by Crippen LogP contribution is -2.37. The van der Waals surface area contributed by atoms with Crippen LogP contribution in [0.25, 0.3) is 11.4 Å². The molecule has 3 aromatic carbocycles. The Morgan fingerprint density at radius 1 is 0.875 bits per heavy atom. The number of fused-ring (bicyclic) bond motifs is 1. The fraction of sp³-hybridized carbons (Fsp3) is 0.300. The van der Waals surface area contributed by atoms with Crippen molar-refractivity contribution < 1.29 is 33.0 Å². The molecular formula is C30H31N3O7. The van der Waals surface area contributed by atoms with Crippen LogP contribution in [0.2, 0.25) is 0 Å². The van der Waals surface area contributed by atoms with Gasteiger partial charge in [0.05, 0.1) is 20.8 Å². The third-order valence-corrected chi connectivity index (χ3v) is 6.50. The Bertz CT molecular complexity index is 1420. The molecule has 4 aromatic rings. The number of benzene rings is 3. The Kier molecular flexibility index (Phi) is 8.77. The van der Waals surface area contributed by atoms with Crippen molar-refractivity contribution >= 4 is 5.91 Å². The maximum absolute atomic E-state index is 13.2. The molecule has 0 aliphatic carbocycles. The van der Waals surface area contributed by atoms with Crippen LogP contribution in [0, 0.1) is 0 Å². The maximum Gasteiger partial charge on any atom is 0.248 e. The molecule has 0 spiro atoms. The second-order valence-corrected chi connectivity index (χ2v) is 9.13. The van der Waals surface area contributed by atoms with Gasteiger partial charge in [0.25, 0.3) is 0 Å². The van der Waals surface area contributed by atoms with E-state index in [4.69, 9.17) is 28.2 Å². The molecule has 10 nitrogen and oxygen atoms in total. The first-order chi connectivity index (χ1) is 19.6. The standard InChI is InChI=1S/C30H31N3O7/c1-35-24-10-8-21(16-26(24)36-2)12-14-33(29(34)19-37-18-22-6-4-3-5-7-22)15-13-28-31-30(32-40-28)23-9-11-25-27(17-23)39-20-38-25/h3-11,16-17H,12-15,18-20H2,1-2H3. The van der Waals surface area contributed by atoms with Crippen LogP contribution in [-0.4, -0.2) is 61.7 Å². The minimum absolute atomic E-state index is 0.0346. The molecule has 10 heteroatoms. The fourth-order valence-corrected chi connectivity index (χ4v) is 4.32. The van der Waals surface area contributed by atoms with E-state index in [1.165, 1.54) is 0 Å². The lowest BCUT2D eigenvalue weighted by atomic mass is 10.1. The molecule has 0 atom stereocenters. The molecule has 1 aliphatic rings. The van der Waals surface area contributed by atoms with Crippen LogP contribution in [-0.2, 0) is 29.0 Å². The lowest BCUT2D eigenvalue weighted by Gasteiger charge is -2.22. The summed E-state index contributed by atoms with van der Waals surface area (Å²) >= 11 is 0. The minimum atomic E-state index is -0.119. The summed E-state index contributed by atoms with van der Waals surface area (Å²) < 4.78 is 32.8. The van der Waals surface area contributed by atoms with E-state index in [2.05, 4.69) is 10.1 Å². The number of hydrogen-bond donors (Lipinski definition) is 0. The lowest BCUT2D eigenvalue weighted by molar-refractivity contribution is -0.136. The number of rotatable bonds is 13. The third-order valence-electron chi connectivity index (χ3n) is 6.50. The van der Waals surface area contributed by atoms with Crippen molar-refractivity contribution in [1.29, 1.82) is 0 Å². The molecule has 1 amide bonds. The van der Waals surface area contributed by atoms with Crippen molar-refractivity contribution in [3.63, 3.8) is 0 Å². The summed E-state index contributed by atoms with van der Waals surface area (Å²) in [5, 5.41) is 4.11. The molecule has 0 radical (unpaired) electrons. The van der Waals surface area contributed by atoms with Crippen LogP contribution < -0.4 is 18.9 Å². The van der Waals surface area contributed by atoms with E-state index in [9.17, 15) is 4.79 Å². The van der Waals surface area contributed by atoms with Crippen molar-refractivity contribution in [3.8, 4) is 34.4 Å². The van der Waals surface area contributed by atoms with E-state index in [-0.39, 0.29) is 19.3 Å². The third kappa shape index (κ3) is 6.70. The molecular weight excluding hydrogens is 514 g/mol. The molecule has 208 valence electrons. The van der Waals surface area contributed by atoms with E-state index in [0.29, 0.717) is 67.3 Å². The highest BCUT2D eigenvalue weighted by Gasteiger charge is 2.19. The molecule has 5 rings (SSSR count). The van der Waals surface area contributed by atoms with Crippen LogP contribution in [0.15, 0.2) is 71.3 Å². The average molecular weight is 546 g/mol. The number of ether oxygens (including phenoxy) is 5. The second-order valence-electron chi connectivity index (χ2n) is 9.13. The predicted molar refractivity (Wildman–Crippen MR) is 145 cm³/mol. The number of carbonyl (C=O) groups is 1. The minimum Gasteiger partial charge on any atom is -0.493 e. The van der Waals surface area contributed by atoms with Crippen LogP contribution in [0.3, 0.4) is 0 Å². The van der Waals surface area contributed by atoms with Gasteiger partial charge < -0.3 is 33.1 Å². The molecule has 2 heterocycles. The number of carbonyl (C=O) groups excluding carboxylic acids is 1. The molecule has 0 saturated heterocycles. The Balaban J connectivity index is 1.23. The van der Waals surface area contributed by atoms with E-state index >= 15 is 0 Å². The number of amides is 1. The number of methoxy groups -OCH3 is 2. The van der Waals surface area contributed by atoms with Gasteiger partial charge in [0.1, 0.15) is 6.61 Å². The van der Waals surface area contributed by atoms with Crippen molar-refractivity contribution in [2.24, 2.45) is 0 Å². The highest BCUT2D eigenvalue weighted by atomic mass is 16.7. The van der Waals surface area contributed by atoms with Gasteiger partial charge in [-0.15, -0.1) is 0 Å². The summed E-state index contributed by atoms with van der Waals surface area (Å²) in [7, 11) is 3.20. The van der Waals surface area contributed by atoms with Gasteiger partial charge in [-0.1, -0.05) is 41.6 Å². The SMILES string of the molecule is COc1ccc(CCN(CCc2nc(-c3ccc4c(c3)OCO4)no2)C(=O)COCc2ccccc2)cc1OC. The van der Waals surface area contributed by atoms with Crippen LogP contribution >= 0.6 is 0 Å². The summed E-state index contributed by atoms with van der Waals surface area (Å²) in [5.41, 5.74) is 2.78. The Labute approximate surface area is 232 Å². The van der Waals surface area contributed by atoms with Gasteiger partial charge >= 0.3 is 0 Å². The van der Waals surface area contributed by atoms with E-state index < -0.39 is 0 Å².